The van der Waals surface area contributed by atoms with Gasteiger partial charge in [-0.25, -0.2) is 21.6 Å². The fourth-order valence-electron chi connectivity index (χ4n) is 3.01. The quantitative estimate of drug-likeness (QED) is 0.535. The Kier molecular flexibility index (Phi) is 8.41. The lowest BCUT2D eigenvalue weighted by molar-refractivity contribution is -0.118. The molecule has 0 fully saturated rings. The highest BCUT2D eigenvalue weighted by molar-refractivity contribution is 7.89. The first kappa shape index (κ1) is 25.8. The molecule has 0 aliphatic heterocycles. The van der Waals surface area contributed by atoms with Gasteiger partial charge in [0.2, 0.25) is 20.0 Å². The van der Waals surface area contributed by atoms with Crippen molar-refractivity contribution < 1.29 is 26.4 Å². The van der Waals surface area contributed by atoms with Crippen molar-refractivity contribution in [2.45, 2.75) is 37.5 Å². The van der Waals surface area contributed by atoms with Crippen LogP contribution in [0, 0.1) is 13.8 Å². The minimum atomic E-state index is -3.65. The van der Waals surface area contributed by atoms with E-state index in [0.717, 1.165) is 0 Å². The number of sulfonamides is 2. The third kappa shape index (κ3) is 5.85. The molecule has 0 heterocycles. The number of carbonyl (C=O) groups excluding carboxylic acids is 1. The summed E-state index contributed by atoms with van der Waals surface area (Å²) in [6.07, 6.45) is 0. The molecule has 1 amide bonds. The van der Waals surface area contributed by atoms with Gasteiger partial charge in [-0.15, -0.1) is 0 Å². The standard InChI is InChI=1S/C21H29N3O6S2/c1-6-24(7-2)32(28,29)18-10-11-20(16(4)12-18)30-14-21(25)23-19-13-17(9-8-15(19)3)31(26,27)22-5/h8-13,22H,6-7,14H2,1-5H3,(H,23,25). The molecule has 2 N–H and O–H groups in total. The SMILES string of the molecule is CCN(CC)S(=O)(=O)c1ccc(OCC(=O)Nc2cc(S(=O)(=O)NC)ccc2C)c(C)c1. The number of hydrogen-bond donors (Lipinski definition) is 2. The van der Waals surface area contributed by atoms with E-state index in [1.165, 1.54) is 41.7 Å². The van der Waals surface area contributed by atoms with Gasteiger partial charge in [-0.2, -0.15) is 4.31 Å². The van der Waals surface area contributed by atoms with Gasteiger partial charge in [-0.05, 0) is 62.4 Å². The molecule has 176 valence electrons. The highest BCUT2D eigenvalue weighted by Crippen LogP contribution is 2.24. The molecule has 0 unspecified atom stereocenters. The number of benzene rings is 2. The van der Waals surface area contributed by atoms with E-state index in [4.69, 9.17) is 4.74 Å². The van der Waals surface area contributed by atoms with Gasteiger partial charge in [0.1, 0.15) is 5.75 Å². The van der Waals surface area contributed by atoms with Crippen molar-refractivity contribution in [3.8, 4) is 5.75 Å². The summed E-state index contributed by atoms with van der Waals surface area (Å²) in [5.41, 5.74) is 1.62. The number of nitrogens with one attached hydrogen (secondary N) is 2. The third-order valence-electron chi connectivity index (χ3n) is 4.91. The van der Waals surface area contributed by atoms with E-state index in [0.29, 0.717) is 35.7 Å². The summed E-state index contributed by atoms with van der Waals surface area (Å²) in [7, 11) is -5.93. The van der Waals surface area contributed by atoms with Gasteiger partial charge in [0.15, 0.2) is 6.61 Å². The van der Waals surface area contributed by atoms with Crippen LogP contribution >= 0.6 is 0 Å². The molecule has 2 aromatic rings. The van der Waals surface area contributed by atoms with Crippen LogP contribution in [-0.4, -0.2) is 53.8 Å². The summed E-state index contributed by atoms with van der Waals surface area (Å²) in [6.45, 7) is 7.39. The second kappa shape index (κ2) is 10.4. The summed E-state index contributed by atoms with van der Waals surface area (Å²) in [6, 6.07) is 8.90. The topological polar surface area (TPSA) is 122 Å². The minimum absolute atomic E-state index is 0.0302. The summed E-state index contributed by atoms with van der Waals surface area (Å²) < 4.78 is 58.4. The lowest BCUT2D eigenvalue weighted by Crippen LogP contribution is -2.30. The Morgan fingerprint density at radius 3 is 2.12 bits per heavy atom. The number of carbonyl (C=O) groups is 1. The van der Waals surface area contributed by atoms with Crippen LogP contribution in [0.2, 0.25) is 0 Å². The first-order chi connectivity index (χ1) is 15.0. The second-order valence-corrected chi connectivity index (χ2v) is 10.9. The Hall–Kier alpha value is -2.47. The molecule has 9 nitrogen and oxygen atoms in total. The normalized spacial score (nSPS) is 12.1. The van der Waals surface area contributed by atoms with Crippen LogP contribution in [0.1, 0.15) is 25.0 Å². The van der Waals surface area contributed by atoms with E-state index in [9.17, 15) is 21.6 Å². The van der Waals surface area contributed by atoms with E-state index < -0.39 is 26.0 Å². The molecule has 0 saturated carbocycles. The zero-order valence-electron chi connectivity index (χ0n) is 18.8. The second-order valence-electron chi connectivity index (χ2n) is 7.04. The maximum atomic E-state index is 12.7. The van der Waals surface area contributed by atoms with Gasteiger partial charge in [0.25, 0.3) is 5.91 Å². The van der Waals surface area contributed by atoms with E-state index >= 15 is 0 Å². The van der Waals surface area contributed by atoms with E-state index in [1.54, 1.807) is 33.8 Å². The maximum absolute atomic E-state index is 12.7. The van der Waals surface area contributed by atoms with Crippen molar-refractivity contribution in [1.82, 2.24) is 9.03 Å². The highest BCUT2D eigenvalue weighted by Gasteiger charge is 2.22. The highest BCUT2D eigenvalue weighted by atomic mass is 32.2. The zero-order chi connectivity index (χ0) is 24.1. The van der Waals surface area contributed by atoms with Crippen molar-refractivity contribution in [3.05, 3.63) is 47.5 Å². The Morgan fingerprint density at radius 1 is 0.938 bits per heavy atom. The van der Waals surface area contributed by atoms with Gasteiger partial charge in [-0.3, -0.25) is 4.79 Å². The summed E-state index contributed by atoms with van der Waals surface area (Å²) in [4.78, 5) is 12.6. The number of hydrogen-bond acceptors (Lipinski definition) is 6. The molecule has 11 heteroatoms. The Balaban J connectivity index is 2.12. The van der Waals surface area contributed by atoms with Crippen molar-refractivity contribution in [2.24, 2.45) is 0 Å². The first-order valence-electron chi connectivity index (χ1n) is 10.0. The molecule has 32 heavy (non-hydrogen) atoms. The van der Waals surface area contributed by atoms with Gasteiger partial charge < -0.3 is 10.1 Å². The molecule has 0 aliphatic carbocycles. The first-order valence-corrected chi connectivity index (χ1v) is 13.0. The Labute approximate surface area is 189 Å². The fraction of sp³-hybridized carbons (Fsp3) is 0.381. The lowest BCUT2D eigenvalue weighted by atomic mass is 10.2. The van der Waals surface area contributed by atoms with Crippen LogP contribution < -0.4 is 14.8 Å². The predicted octanol–water partition coefficient (Wildman–Crippen LogP) is 2.26. The van der Waals surface area contributed by atoms with E-state index in [1.807, 2.05) is 0 Å². The third-order valence-corrected chi connectivity index (χ3v) is 8.37. The van der Waals surface area contributed by atoms with Crippen molar-refractivity contribution >= 4 is 31.6 Å². The van der Waals surface area contributed by atoms with Gasteiger partial charge in [0.05, 0.1) is 9.79 Å². The molecule has 2 rings (SSSR count). The molecular formula is C21H29N3O6S2. The lowest BCUT2D eigenvalue weighted by Gasteiger charge is -2.19. The molecule has 2 aromatic carbocycles. The number of anilines is 1. The van der Waals surface area contributed by atoms with Crippen LogP contribution in [0.25, 0.3) is 0 Å². The Morgan fingerprint density at radius 2 is 1.56 bits per heavy atom. The number of amides is 1. The van der Waals surface area contributed by atoms with Crippen LogP contribution in [-0.2, 0) is 24.8 Å². The minimum Gasteiger partial charge on any atom is -0.483 e. The fourth-order valence-corrected chi connectivity index (χ4v) is 5.31. The summed E-state index contributed by atoms with van der Waals surface area (Å²) in [5, 5.41) is 2.64. The number of rotatable bonds is 10. The molecule has 0 bridgehead atoms. The van der Waals surface area contributed by atoms with Crippen LogP contribution in [0.3, 0.4) is 0 Å². The summed E-state index contributed by atoms with van der Waals surface area (Å²) >= 11 is 0. The average molecular weight is 484 g/mol. The smallest absolute Gasteiger partial charge is 0.262 e. The van der Waals surface area contributed by atoms with Gasteiger partial charge in [-0.1, -0.05) is 19.9 Å². The van der Waals surface area contributed by atoms with Crippen LogP contribution in [0.4, 0.5) is 5.69 Å². The largest absolute Gasteiger partial charge is 0.483 e. The maximum Gasteiger partial charge on any atom is 0.262 e. The molecule has 0 radical (unpaired) electrons. The van der Waals surface area contributed by atoms with E-state index in [-0.39, 0.29) is 16.4 Å². The molecule has 0 aliphatic rings. The van der Waals surface area contributed by atoms with Crippen molar-refractivity contribution in [1.29, 1.82) is 0 Å². The van der Waals surface area contributed by atoms with E-state index in [2.05, 4.69) is 10.0 Å². The summed E-state index contributed by atoms with van der Waals surface area (Å²) in [5.74, 6) is -0.103. The Bertz CT molecular complexity index is 1190. The molecule has 0 spiro atoms. The van der Waals surface area contributed by atoms with Gasteiger partial charge >= 0.3 is 0 Å². The molecule has 0 saturated heterocycles. The number of ether oxygens (including phenoxy) is 1. The van der Waals surface area contributed by atoms with Gasteiger partial charge in [0, 0.05) is 18.8 Å². The van der Waals surface area contributed by atoms with Crippen LogP contribution in [0.15, 0.2) is 46.2 Å². The molecular weight excluding hydrogens is 454 g/mol. The molecule has 0 atom stereocenters. The number of aryl methyl sites for hydroxylation is 2. The average Bonchev–Trinajstić information content (AvgIpc) is 2.74. The number of nitrogens with zero attached hydrogens (tertiary/aromatic N) is 1. The van der Waals surface area contributed by atoms with Crippen molar-refractivity contribution in [2.75, 3.05) is 32.1 Å². The zero-order valence-corrected chi connectivity index (χ0v) is 20.4. The molecule has 0 aromatic heterocycles. The van der Waals surface area contributed by atoms with Crippen LogP contribution in [0.5, 0.6) is 5.75 Å². The van der Waals surface area contributed by atoms with Crippen molar-refractivity contribution in [3.63, 3.8) is 0 Å². The monoisotopic (exact) mass is 483 g/mol. The predicted molar refractivity (Wildman–Crippen MR) is 123 cm³/mol.